The van der Waals surface area contributed by atoms with Crippen LogP contribution in [0.5, 0.6) is 0 Å². The van der Waals surface area contributed by atoms with Crippen molar-refractivity contribution in [3.63, 3.8) is 0 Å². The molecule has 0 spiro atoms. The van der Waals surface area contributed by atoms with Crippen molar-refractivity contribution < 1.29 is 4.79 Å². The van der Waals surface area contributed by atoms with E-state index in [0.29, 0.717) is 11.1 Å². The first-order chi connectivity index (χ1) is 9.65. The topological polar surface area (TPSA) is 51.1 Å². The summed E-state index contributed by atoms with van der Waals surface area (Å²) in [6, 6.07) is 14.2. The van der Waals surface area contributed by atoms with Gasteiger partial charge >= 0.3 is 6.03 Å². The largest absolute Gasteiger partial charge is 0.342 e. The third kappa shape index (κ3) is 2.48. The number of aromatic nitrogens is 1. The molecular formula is C14H9IN2O2S. The van der Waals surface area contributed by atoms with Crippen LogP contribution in [0.1, 0.15) is 0 Å². The molecule has 6 heteroatoms. The fourth-order valence-corrected chi connectivity index (χ4v) is 3.07. The predicted octanol–water partition coefficient (Wildman–Crippen LogP) is 3.75. The minimum atomic E-state index is -0.433. The maximum absolute atomic E-state index is 12.1. The van der Waals surface area contributed by atoms with Gasteiger partial charge in [-0.15, -0.1) is 0 Å². The lowest BCUT2D eigenvalue weighted by Crippen LogP contribution is -2.26. The molecule has 0 radical (unpaired) electrons. The summed E-state index contributed by atoms with van der Waals surface area (Å²) in [6.07, 6.45) is 0. The number of hydrogen-bond donors (Lipinski definition) is 1. The van der Waals surface area contributed by atoms with Crippen molar-refractivity contribution >= 4 is 55.9 Å². The SMILES string of the molecule is O=C(Nc1ccc(I)cc1)n1sc2ccccc2c1=O. The zero-order valence-corrected chi connectivity index (χ0v) is 13.1. The number of benzene rings is 2. The van der Waals surface area contributed by atoms with Crippen LogP contribution in [0, 0.1) is 3.57 Å². The van der Waals surface area contributed by atoms with Gasteiger partial charge in [-0.05, 0) is 70.5 Å². The molecule has 0 aliphatic carbocycles. The highest BCUT2D eigenvalue weighted by atomic mass is 127. The Morgan fingerprint density at radius 1 is 1.10 bits per heavy atom. The summed E-state index contributed by atoms with van der Waals surface area (Å²) in [4.78, 5) is 24.3. The summed E-state index contributed by atoms with van der Waals surface area (Å²) in [7, 11) is 0. The number of nitrogens with one attached hydrogen (secondary N) is 1. The van der Waals surface area contributed by atoms with Crippen LogP contribution in [0.15, 0.2) is 53.3 Å². The summed E-state index contributed by atoms with van der Waals surface area (Å²) >= 11 is 3.34. The highest BCUT2D eigenvalue weighted by molar-refractivity contribution is 14.1. The van der Waals surface area contributed by atoms with Crippen LogP contribution in [0.25, 0.3) is 10.1 Å². The van der Waals surface area contributed by atoms with Crippen molar-refractivity contribution in [2.75, 3.05) is 5.32 Å². The van der Waals surface area contributed by atoms with E-state index in [2.05, 4.69) is 27.9 Å². The van der Waals surface area contributed by atoms with Gasteiger partial charge in [0.25, 0.3) is 5.56 Å². The molecule has 0 saturated carbocycles. The molecule has 2 aromatic carbocycles. The number of halogens is 1. The number of anilines is 1. The summed E-state index contributed by atoms with van der Waals surface area (Å²) in [5.41, 5.74) is 0.383. The fourth-order valence-electron chi connectivity index (χ4n) is 1.81. The van der Waals surface area contributed by atoms with E-state index in [1.807, 2.05) is 24.3 Å². The van der Waals surface area contributed by atoms with Crippen LogP contribution in [0.2, 0.25) is 0 Å². The normalized spacial score (nSPS) is 10.7. The average molecular weight is 396 g/mol. The van der Waals surface area contributed by atoms with Crippen LogP contribution in [-0.4, -0.2) is 9.99 Å². The van der Waals surface area contributed by atoms with E-state index in [1.165, 1.54) is 0 Å². The van der Waals surface area contributed by atoms with Crippen molar-refractivity contribution in [1.82, 2.24) is 3.96 Å². The monoisotopic (exact) mass is 396 g/mol. The second-order valence-electron chi connectivity index (χ2n) is 4.12. The van der Waals surface area contributed by atoms with Crippen LogP contribution in [-0.2, 0) is 0 Å². The molecular weight excluding hydrogens is 387 g/mol. The quantitative estimate of drug-likeness (QED) is 0.638. The molecule has 0 fully saturated rings. The first kappa shape index (κ1) is 13.3. The molecule has 100 valence electrons. The molecule has 0 atom stereocenters. The molecule has 0 aliphatic heterocycles. The highest BCUT2D eigenvalue weighted by Gasteiger charge is 2.13. The summed E-state index contributed by atoms with van der Waals surface area (Å²) < 4.78 is 3.03. The number of fused-ring (bicyclic) bond motifs is 1. The Hall–Kier alpha value is -1.67. The zero-order valence-electron chi connectivity index (χ0n) is 10.2. The fraction of sp³-hybridized carbons (Fsp3) is 0. The third-order valence-electron chi connectivity index (χ3n) is 2.77. The van der Waals surface area contributed by atoms with E-state index >= 15 is 0 Å². The number of nitrogens with zero attached hydrogens (tertiary/aromatic N) is 1. The van der Waals surface area contributed by atoms with Gasteiger partial charge in [0, 0.05) is 9.26 Å². The Bertz CT molecular complexity index is 836. The summed E-state index contributed by atoms with van der Waals surface area (Å²) in [5, 5.41) is 3.28. The maximum atomic E-state index is 12.1. The molecule has 0 unspecified atom stereocenters. The Kier molecular flexibility index (Phi) is 3.58. The van der Waals surface area contributed by atoms with E-state index in [1.54, 1.807) is 24.3 Å². The molecule has 3 rings (SSSR count). The first-order valence-corrected chi connectivity index (χ1v) is 7.68. The molecule has 0 bridgehead atoms. The van der Waals surface area contributed by atoms with Gasteiger partial charge in [-0.3, -0.25) is 4.79 Å². The number of amides is 1. The Morgan fingerprint density at radius 2 is 1.80 bits per heavy atom. The molecule has 1 N–H and O–H groups in total. The van der Waals surface area contributed by atoms with Gasteiger partial charge in [0.1, 0.15) is 0 Å². The molecule has 1 aromatic heterocycles. The highest BCUT2D eigenvalue weighted by Crippen LogP contribution is 2.17. The Labute approximate surface area is 132 Å². The van der Waals surface area contributed by atoms with Crippen LogP contribution in [0.4, 0.5) is 10.5 Å². The van der Waals surface area contributed by atoms with Gasteiger partial charge in [-0.1, -0.05) is 12.1 Å². The van der Waals surface area contributed by atoms with E-state index in [0.717, 1.165) is 23.8 Å². The molecule has 4 nitrogen and oxygen atoms in total. The summed E-state index contributed by atoms with van der Waals surface area (Å²) in [5.74, 6) is 0. The van der Waals surface area contributed by atoms with Gasteiger partial charge in [0.05, 0.1) is 10.1 Å². The Morgan fingerprint density at radius 3 is 2.50 bits per heavy atom. The number of hydrogen-bond acceptors (Lipinski definition) is 3. The maximum Gasteiger partial charge on any atom is 0.342 e. The van der Waals surface area contributed by atoms with Gasteiger partial charge in [-0.2, -0.15) is 3.96 Å². The number of carbonyl (C=O) groups is 1. The van der Waals surface area contributed by atoms with E-state index in [4.69, 9.17) is 0 Å². The molecule has 0 aliphatic rings. The minimum absolute atomic E-state index is 0.284. The van der Waals surface area contributed by atoms with Crippen molar-refractivity contribution in [1.29, 1.82) is 0 Å². The van der Waals surface area contributed by atoms with Gasteiger partial charge < -0.3 is 5.32 Å². The van der Waals surface area contributed by atoms with Crippen LogP contribution >= 0.6 is 34.1 Å². The van der Waals surface area contributed by atoms with Gasteiger partial charge in [-0.25, -0.2) is 4.79 Å². The summed E-state index contributed by atoms with van der Waals surface area (Å²) in [6.45, 7) is 0. The van der Waals surface area contributed by atoms with E-state index < -0.39 is 6.03 Å². The molecule has 20 heavy (non-hydrogen) atoms. The van der Waals surface area contributed by atoms with E-state index in [9.17, 15) is 9.59 Å². The first-order valence-electron chi connectivity index (χ1n) is 5.83. The third-order valence-corrected chi connectivity index (χ3v) is 4.56. The second kappa shape index (κ2) is 5.37. The van der Waals surface area contributed by atoms with Gasteiger partial charge in [0.2, 0.25) is 0 Å². The molecule has 3 aromatic rings. The lowest BCUT2D eigenvalue weighted by molar-refractivity contribution is 0.255. The van der Waals surface area contributed by atoms with Crippen LogP contribution < -0.4 is 10.9 Å². The molecule has 0 saturated heterocycles. The lowest BCUT2D eigenvalue weighted by atomic mass is 10.3. The van der Waals surface area contributed by atoms with Crippen molar-refractivity contribution in [3.8, 4) is 0 Å². The molecule has 1 heterocycles. The average Bonchev–Trinajstić information content (AvgIpc) is 2.79. The van der Waals surface area contributed by atoms with Crippen molar-refractivity contribution in [2.24, 2.45) is 0 Å². The zero-order chi connectivity index (χ0) is 14.1. The smallest absolute Gasteiger partial charge is 0.306 e. The van der Waals surface area contributed by atoms with Gasteiger partial charge in [0.15, 0.2) is 0 Å². The lowest BCUT2D eigenvalue weighted by Gasteiger charge is -2.03. The Balaban J connectivity index is 1.94. The van der Waals surface area contributed by atoms with Crippen molar-refractivity contribution in [2.45, 2.75) is 0 Å². The second-order valence-corrected chi connectivity index (χ2v) is 6.36. The predicted molar refractivity (Wildman–Crippen MR) is 89.7 cm³/mol. The van der Waals surface area contributed by atoms with E-state index in [-0.39, 0.29) is 5.56 Å². The van der Waals surface area contributed by atoms with Crippen molar-refractivity contribution in [3.05, 3.63) is 62.5 Å². The number of carbonyl (C=O) groups excluding carboxylic acids is 1. The van der Waals surface area contributed by atoms with Crippen LogP contribution in [0.3, 0.4) is 0 Å². The standard InChI is InChI=1S/C14H9IN2O2S/c15-9-5-7-10(8-6-9)16-14(19)17-13(18)11-3-1-2-4-12(11)20-17/h1-8H,(H,16,19). The number of rotatable bonds is 1. The minimum Gasteiger partial charge on any atom is -0.306 e. The molecule has 1 amide bonds.